The summed E-state index contributed by atoms with van der Waals surface area (Å²) in [5.41, 5.74) is 2.26. The lowest BCUT2D eigenvalue weighted by Crippen LogP contribution is -2.01. The van der Waals surface area contributed by atoms with E-state index in [1.165, 1.54) is 16.9 Å². The van der Waals surface area contributed by atoms with E-state index in [1.54, 1.807) is 6.07 Å². The molecule has 0 aromatic carbocycles. The van der Waals surface area contributed by atoms with Crippen molar-refractivity contribution in [2.24, 2.45) is 0 Å². The fourth-order valence-electron chi connectivity index (χ4n) is 0.970. The van der Waals surface area contributed by atoms with Crippen LogP contribution in [0.15, 0.2) is 17.2 Å². The lowest BCUT2D eigenvalue weighted by atomic mass is 10.3. The minimum atomic E-state index is -0.962. The zero-order valence-electron chi connectivity index (χ0n) is 8.41. The molecule has 1 aromatic rings. The zero-order chi connectivity index (χ0) is 11.4. The van der Waals surface area contributed by atoms with Crippen molar-refractivity contribution in [3.05, 3.63) is 26.9 Å². The summed E-state index contributed by atoms with van der Waals surface area (Å²) in [5.74, 6) is -0.557. The Labute approximate surface area is 96.9 Å². The summed E-state index contributed by atoms with van der Waals surface area (Å²) in [6, 6.07) is 1.72. The number of hydrogen-bond donors (Lipinski definition) is 1. The number of carboxylic acid groups (broad SMARTS) is 1. The molecule has 0 saturated carbocycles. The van der Waals surface area contributed by atoms with Gasteiger partial charge in [-0.3, -0.25) is 0 Å². The fourth-order valence-corrected chi connectivity index (χ4v) is 1.83. The SMILES string of the molecule is C/C(=C/Cl)COc1cc(C)sc1C(=O)O. The van der Waals surface area contributed by atoms with E-state index in [9.17, 15) is 4.79 Å². The lowest BCUT2D eigenvalue weighted by Gasteiger charge is -2.04. The van der Waals surface area contributed by atoms with Crippen molar-refractivity contribution in [3.8, 4) is 5.75 Å². The summed E-state index contributed by atoms with van der Waals surface area (Å²) >= 11 is 6.67. The summed E-state index contributed by atoms with van der Waals surface area (Å²) in [6.07, 6.45) is 0. The summed E-state index contributed by atoms with van der Waals surface area (Å²) in [7, 11) is 0. The number of carboxylic acids is 1. The van der Waals surface area contributed by atoms with E-state index in [1.807, 2.05) is 13.8 Å². The summed E-state index contributed by atoms with van der Waals surface area (Å²) in [6.45, 7) is 3.96. The molecule has 0 aliphatic carbocycles. The van der Waals surface area contributed by atoms with E-state index in [0.29, 0.717) is 12.4 Å². The van der Waals surface area contributed by atoms with Crippen LogP contribution in [0.2, 0.25) is 0 Å². The molecule has 5 heteroatoms. The van der Waals surface area contributed by atoms with Crippen molar-refractivity contribution < 1.29 is 14.6 Å². The third-order valence-electron chi connectivity index (χ3n) is 1.66. The smallest absolute Gasteiger partial charge is 0.349 e. The van der Waals surface area contributed by atoms with Crippen molar-refractivity contribution in [1.82, 2.24) is 0 Å². The van der Waals surface area contributed by atoms with Crippen LogP contribution in [0.5, 0.6) is 5.75 Å². The van der Waals surface area contributed by atoms with Gasteiger partial charge in [-0.15, -0.1) is 11.3 Å². The first-order chi connectivity index (χ1) is 7.04. The van der Waals surface area contributed by atoms with Crippen LogP contribution in [0, 0.1) is 6.92 Å². The van der Waals surface area contributed by atoms with Crippen LogP contribution in [0.1, 0.15) is 21.5 Å². The van der Waals surface area contributed by atoms with Crippen LogP contribution >= 0.6 is 22.9 Å². The summed E-state index contributed by atoms with van der Waals surface area (Å²) in [4.78, 5) is 12.0. The van der Waals surface area contributed by atoms with Crippen molar-refractivity contribution >= 4 is 28.9 Å². The van der Waals surface area contributed by atoms with Crippen LogP contribution in [0.3, 0.4) is 0 Å². The Morgan fingerprint density at radius 2 is 2.40 bits per heavy atom. The predicted molar refractivity (Wildman–Crippen MR) is 61.1 cm³/mol. The average Bonchev–Trinajstić information content (AvgIpc) is 2.56. The molecule has 0 saturated heterocycles. The maximum absolute atomic E-state index is 10.8. The summed E-state index contributed by atoms with van der Waals surface area (Å²) in [5, 5.41) is 8.89. The molecule has 0 atom stereocenters. The van der Waals surface area contributed by atoms with E-state index in [4.69, 9.17) is 21.4 Å². The molecule has 1 rings (SSSR count). The average molecular weight is 247 g/mol. The molecule has 0 amide bonds. The Balaban J connectivity index is 2.80. The highest BCUT2D eigenvalue weighted by Gasteiger charge is 2.14. The minimum absolute atomic E-state index is 0.231. The first-order valence-corrected chi connectivity index (χ1v) is 5.52. The number of carbonyl (C=O) groups is 1. The van der Waals surface area contributed by atoms with Crippen LogP contribution in [-0.4, -0.2) is 17.7 Å². The van der Waals surface area contributed by atoms with Gasteiger partial charge in [0.15, 0.2) is 4.88 Å². The van der Waals surface area contributed by atoms with E-state index >= 15 is 0 Å². The van der Waals surface area contributed by atoms with Crippen LogP contribution in [-0.2, 0) is 0 Å². The maximum Gasteiger partial charge on any atom is 0.349 e. The topological polar surface area (TPSA) is 46.5 Å². The molecule has 1 aromatic heterocycles. The number of rotatable bonds is 4. The van der Waals surface area contributed by atoms with E-state index in [2.05, 4.69) is 0 Å². The Morgan fingerprint density at radius 1 is 1.73 bits per heavy atom. The molecular weight excluding hydrogens is 236 g/mol. The van der Waals surface area contributed by atoms with Gasteiger partial charge >= 0.3 is 5.97 Å². The van der Waals surface area contributed by atoms with Crippen molar-refractivity contribution in [2.75, 3.05) is 6.61 Å². The predicted octanol–water partition coefficient (Wildman–Crippen LogP) is 3.28. The number of hydrogen-bond acceptors (Lipinski definition) is 3. The molecule has 0 fully saturated rings. The van der Waals surface area contributed by atoms with Crippen LogP contribution < -0.4 is 4.74 Å². The third-order valence-corrected chi connectivity index (χ3v) is 3.05. The molecule has 0 bridgehead atoms. The molecule has 0 unspecified atom stereocenters. The van der Waals surface area contributed by atoms with Gasteiger partial charge in [-0.25, -0.2) is 4.79 Å². The van der Waals surface area contributed by atoms with E-state index < -0.39 is 5.97 Å². The van der Waals surface area contributed by atoms with Gasteiger partial charge in [-0.1, -0.05) is 11.6 Å². The van der Waals surface area contributed by atoms with Crippen molar-refractivity contribution in [2.45, 2.75) is 13.8 Å². The first-order valence-electron chi connectivity index (χ1n) is 4.27. The van der Waals surface area contributed by atoms with Gasteiger partial charge < -0.3 is 9.84 Å². The lowest BCUT2D eigenvalue weighted by molar-refractivity contribution is 0.0698. The Hall–Kier alpha value is -1.00. The fraction of sp³-hybridized carbons (Fsp3) is 0.300. The van der Waals surface area contributed by atoms with Crippen molar-refractivity contribution in [3.63, 3.8) is 0 Å². The second-order valence-electron chi connectivity index (χ2n) is 3.10. The molecule has 0 spiro atoms. The number of ether oxygens (including phenoxy) is 1. The van der Waals surface area contributed by atoms with Gasteiger partial charge in [0, 0.05) is 10.4 Å². The standard InChI is InChI=1S/C10H11ClO3S/c1-6(4-11)5-14-8-3-7(2)15-9(8)10(12)13/h3-4H,5H2,1-2H3,(H,12,13)/b6-4-. The largest absolute Gasteiger partial charge is 0.487 e. The molecule has 0 aliphatic heterocycles. The molecule has 15 heavy (non-hydrogen) atoms. The highest BCUT2D eigenvalue weighted by atomic mass is 35.5. The molecule has 1 heterocycles. The third kappa shape index (κ3) is 3.25. The quantitative estimate of drug-likeness (QED) is 0.887. The van der Waals surface area contributed by atoms with E-state index in [0.717, 1.165) is 10.5 Å². The van der Waals surface area contributed by atoms with Crippen molar-refractivity contribution in [1.29, 1.82) is 0 Å². The first kappa shape index (κ1) is 12.1. The number of aromatic carboxylic acids is 1. The highest BCUT2D eigenvalue weighted by molar-refractivity contribution is 7.14. The maximum atomic E-state index is 10.8. The highest BCUT2D eigenvalue weighted by Crippen LogP contribution is 2.29. The molecule has 3 nitrogen and oxygen atoms in total. The summed E-state index contributed by atoms with van der Waals surface area (Å²) < 4.78 is 5.35. The normalized spacial score (nSPS) is 11.5. The van der Waals surface area contributed by atoms with Gasteiger partial charge in [-0.05, 0) is 25.5 Å². The molecular formula is C10H11ClO3S. The van der Waals surface area contributed by atoms with Gasteiger partial charge in [0.1, 0.15) is 12.4 Å². The molecule has 0 aliphatic rings. The zero-order valence-corrected chi connectivity index (χ0v) is 9.98. The van der Waals surface area contributed by atoms with E-state index in [-0.39, 0.29) is 4.88 Å². The number of thiophene rings is 1. The Bertz CT molecular complexity index is 395. The number of halogens is 1. The minimum Gasteiger partial charge on any atom is -0.487 e. The monoisotopic (exact) mass is 246 g/mol. The van der Waals surface area contributed by atoms with Gasteiger partial charge in [0.2, 0.25) is 0 Å². The van der Waals surface area contributed by atoms with Crippen LogP contribution in [0.25, 0.3) is 0 Å². The van der Waals surface area contributed by atoms with Gasteiger partial charge in [0.25, 0.3) is 0 Å². The Morgan fingerprint density at radius 3 is 2.93 bits per heavy atom. The molecule has 0 radical (unpaired) electrons. The van der Waals surface area contributed by atoms with Crippen LogP contribution in [0.4, 0.5) is 0 Å². The molecule has 82 valence electrons. The Kier molecular flexibility index (Phi) is 4.17. The number of aryl methyl sites for hydroxylation is 1. The second kappa shape index (κ2) is 5.19. The van der Waals surface area contributed by atoms with Gasteiger partial charge in [0.05, 0.1) is 0 Å². The molecule has 1 N–H and O–H groups in total. The second-order valence-corrected chi connectivity index (χ2v) is 4.57. The van der Waals surface area contributed by atoms with Gasteiger partial charge in [-0.2, -0.15) is 0 Å².